The van der Waals surface area contributed by atoms with E-state index in [1.807, 2.05) is 42.6 Å². The molecular formula is C19H19N3O. The second-order valence-corrected chi connectivity index (χ2v) is 5.17. The van der Waals surface area contributed by atoms with E-state index >= 15 is 0 Å². The largest absolute Gasteiger partial charge is 0.326 e. The minimum atomic E-state index is -0.0944. The van der Waals surface area contributed by atoms with Crippen molar-refractivity contribution in [2.45, 2.75) is 26.2 Å². The van der Waals surface area contributed by atoms with Crippen LogP contribution in [0.4, 0.5) is 5.69 Å². The SMILES string of the molecule is CC(=O)Nc1cccc(C(=CCCCC#N)c2cccnc2)c1. The van der Waals surface area contributed by atoms with Crippen LogP contribution in [-0.4, -0.2) is 10.9 Å². The zero-order valence-corrected chi connectivity index (χ0v) is 13.1. The number of nitriles is 1. The second kappa shape index (κ2) is 8.50. The molecule has 0 spiro atoms. The maximum Gasteiger partial charge on any atom is 0.221 e. The fourth-order valence-electron chi connectivity index (χ4n) is 2.32. The molecule has 1 N–H and O–H groups in total. The molecule has 4 heteroatoms. The summed E-state index contributed by atoms with van der Waals surface area (Å²) in [5.74, 6) is -0.0944. The summed E-state index contributed by atoms with van der Waals surface area (Å²) >= 11 is 0. The molecule has 0 saturated heterocycles. The van der Waals surface area contributed by atoms with Gasteiger partial charge < -0.3 is 5.32 Å². The van der Waals surface area contributed by atoms with Gasteiger partial charge in [-0.25, -0.2) is 0 Å². The Bertz CT molecular complexity index is 730. The predicted molar refractivity (Wildman–Crippen MR) is 91.5 cm³/mol. The molecule has 0 aliphatic rings. The summed E-state index contributed by atoms with van der Waals surface area (Å²) < 4.78 is 0. The number of nitrogens with zero attached hydrogens (tertiary/aromatic N) is 2. The number of amides is 1. The van der Waals surface area contributed by atoms with Gasteiger partial charge in [0.05, 0.1) is 6.07 Å². The highest BCUT2D eigenvalue weighted by molar-refractivity contribution is 5.90. The van der Waals surface area contributed by atoms with E-state index in [2.05, 4.69) is 22.4 Å². The number of carbonyl (C=O) groups is 1. The molecule has 0 aliphatic heterocycles. The maximum absolute atomic E-state index is 11.2. The smallest absolute Gasteiger partial charge is 0.221 e. The van der Waals surface area contributed by atoms with Crippen molar-refractivity contribution in [3.63, 3.8) is 0 Å². The van der Waals surface area contributed by atoms with Crippen LogP contribution in [-0.2, 0) is 4.79 Å². The zero-order valence-electron chi connectivity index (χ0n) is 13.1. The molecule has 1 amide bonds. The lowest BCUT2D eigenvalue weighted by Crippen LogP contribution is -2.05. The lowest BCUT2D eigenvalue weighted by molar-refractivity contribution is -0.114. The van der Waals surface area contributed by atoms with E-state index in [4.69, 9.17) is 5.26 Å². The van der Waals surface area contributed by atoms with Crippen molar-refractivity contribution in [2.75, 3.05) is 5.32 Å². The molecule has 0 radical (unpaired) electrons. The Labute approximate surface area is 136 Å². The van der Waals surface area contributed by atoms with E-state index < -0.39 is 0 Å². The molecule has 1 aromatic carbocycles. The molecule has 0 atom stereocenters. The molecule has 2 rings (SSSR count). The number of benzene rings is 1. The lowest BCUT2D eigenvalue weighted by atomic mass is 9.97. The number of hydrogen-bond acceptors (Lipinski definition) is 3. The van der Waals surface area contributed by atoms with Gasteiger partial charge in [0.15, 0.2) is 0 Å². The third-order valence-electron chi connectivity index (χ3n) is 3.31. The Morgan fingerprint density at radius 1 is 1.30 bits per heavy atom. The van der Waals surface area contributed by atoms with E-state index in [1.54, 1.807) is 6.20 Å². The molecule has 2 aromatic rings. The number of aromatic nitrogens is 1. The highest BCUT2D eigenvalue weighted by atomic mass is 16.1. The molecule has 0 bridgehead atoms. The van der Waals surface area contributed by atoms with Crippen molar-refractivity contribution in [2.24, 2.45) is 0 Å². The normalized spacial score (nSPS) is 10.9. The number of allylic oxidation sites excluding steroid dienone is 1. The van der Waals surface area contributed by atoms with Gasteiger partial charge in [0.25, 0.3) is 0 Å². The Kier molecular flexibility index (Phi) is 6.07. The molecule has 0 saturated carbocycles. The Morgan fingerprint density at radius 3 is 2.83 bits per heavy atom. The molecule has 1 aromatic heterocycles. The molecular weight excluding hydrogens is 286 g/mol. The van der Waals surface area contributed by atoms with Crippen molar-refractivity contribution in [3.8, 4) is 6.07 Å². The molecule has 0 aliphatic carbocycles. The van der Waals surface area contributed by atoms with Crippen molar-refractivity contribution in [1.82, 2.24) is 4.98 Å². The van der Waals surface area contributed by atoms with Gasteiger partial charge in [0, 0.05) is 37.0 Å². The van der Waals surface area contributed by atoms with Gasteiger partial charge in [-0.2, -0.15) is 5.26 Å². The predicted octanol–water partition coefficient (Wildman–Crippen LogP) is 4.17. The molecule has 0 unspecified atom stereocenters. The van der Waals surface area contributed by atoms with Crippen LogP contribution in [0.2, 0.25) is 0 Å². The molecule has 4 nitrogen and oxygen atoms in total. The van der Waals surface area contributed by atoms with Crippen molar-refractivity contribution in [1.29, 1.82) is 5.26 Å². The van der Waals surface area contributed by atoms with Gasteiger partial charge in [-0.3, -0.25) is 9.78 Å². The average Bonchev–Trinajstić information content (AvgIpc) is 2.55. The topological polar surface area (TPSA) is 65.8 Å². The quantitative estimate of drug-likeness (QED) is 0.815. The van der Waals surface area contributed by atoms with Gasteiger partial charge in [-0.05, 0) is 42.2 Å². The van der Waals surface area contributed by atoms with Crippen LogP contribution >= 0.6 is 0 Å². The van der Waals surface area contributed by atoms with Crippen LogP contribution in [0.25, 0.3) is 5.57 Å². The first-order chi connectivity index (χ1) is 11.2. The summed E-state index contributed by atoms with van der Waals surface area (Å²) in [5, 5.41) is 11.5. The summed E-state index contributed by atoms with van der Waals surface area (Å²) in [6, 6.07) is 13.8. The van der Waals surface area contributed by atoms with E-state index in [-0.39, 0.29) is 5.91 Å². The van der Waals surface area contributed by atoms with Gasteiger partial charge >= 0.3 is 0 Å². The Hall–Kier alpha value is -2.93. The lowest BCUT2D eigenvalue weighted by Gasteiger charge is -2.10. The van der Waals surface area contributed by atoms with Crippen LogP contribution < -0.4 is 5.32 Å². The molecule has 23 heavy (non-hydrogen) atoms. The highest BCUT2D eigenvalue weighted by Crippen LogP contribution is 2.26. The maximum atomic E-state index is 11.2. The minimum absolute atomic E-state index is 0.0944. The van der Waals surface area contributed by atoms with Crippen LogP contribution in [0.3, 0.4) is 0 Å². The van der Waals surface area contributed by atoms with E-state index in [0.29, 0.717) is 6.42 Å². The molecule has 116 valence electrons. The number of unbranched alkanes of at least 4 members (excludes halogenated alkanes) is 2. The van der Waals surface area contributed by atoms with Crippen LogP contribution in [0.1, 0.15) is 37.3 Å². The summed E-state index contributed by atoms with van der Waals surface area (Å²) in [5.41, 5.74) is 3.86. The fraction of sp³-hybridized carbons (Fsp3) is 0.211. The van der Waals surface area contributed by atoms with Crippen LogP contribution in [0, 0.1) is 11.3 Å². The van der Waals surface area contributed by atoms with Gasteiger partial charge in [0.2, 0.25) is 5.91 Å². The number of pyridine rings is 1. The first-order valence-corrected chi connectivity index (χ1v) is 7.56. The van der Waals surface area contributed by atoms with Crippen molar-refractivity contribution < 1.29 is 4.79 Å². The van der Waals surface area contributed by atoms with E-state index in [1.165, 1.54) is 6.92 Å². The van der Waals surface area contributed by atoms with Gasteiger partial charge in [0.1, 0.15) is 0 Å². The number of rotatable bonds is 6. The number of anilines is 1. The summed E-state index contributed by atoms with van der Waals surface area (Å²) in [6.07, 6.45) is 7.88. The van der Waals surface area contributed by atoms with Crippen LogP contribution in [0.15, 0.2) is 54.9 Å². The molecule has 1 heterocycles. The highest BCUT2D eigenvalue weighted by Gasteiger charge is 2.06. The Morgan fingerprint density at radius 2 is 2.13 bits per heavy atom. The number of carbonyl (C=O) groups excluding carboxylic acids is 1. The second-order valence-electron chi connectivity index (χ2n) is 5.17. The standard InChI is InChI=1S/C19H19N3O/c1-15(23)22-18-9-5-7-16(13-18)19(10-3-2-4-11-20)17-8-6-12-21-14-17/h5-10,12-14H,2-4H2,1H3,(H,22,23). The summed E-state index contributed by atoms with van der Waals surface area (Å²) in [7, 11) is 0. The zero-order chi connectivity index (χ0) is 16.5. The minimum Gasteiger partial charge on any atom is -0.326 e. The first-order valence-electron chi connectivity index (χ1n) is 7.56. The van der Waals surface area contributed by atoms with E-state index in [9.17, 15) is 4.79 Å². The summed E-state index contributed by atoms with van der Waals surface area (Å²) in [4.78, 5) is 15.4. The van der Waals surface area contributed by atoms with Gasteiger partial charge in [-0.1, -0.05) is 24.3 Å². The Balaban J connectivity index is 2.34. The van der Waals surface area contributed by atoms with Gasteiger partial charge in [-0.15, -0.1) is 0 Å². The van der Waals surface area contributed by atoms with E-state index in [0.717, 1.165) is 35.2 Å². The average molecular weight is 305 g/mol. The third-order valence-corrected chi connectivity index (χ3v) is 3.31. The monoisotopic (exact) mass is 305 g/mol. The fourth-order valence-corrected chi connectivity index (χ4v) is 2.32. The molecule has 0 fully saturated rings. The van der Waals surface area contributed by atoms with Crippen molar-refractivity contribution >= 4 is 17.2 Å². The van der Waals surface area contributed by atoms with Crippen molar-refractivity contribution in [3.05, 3.63) is 66.0 Å². The number of nitrogens with one attached hydrogen (secondary N) is 1. The third kappa shape index (κ3) is 5.08. The summed E-state index contributed by atoms with van der Waals surface area (Å²) in [6.45, 7) is 1.49. The first kappa shape index (κ1) is 16.4. The van der Waals surface area contributed by atoms with Crippen LogP contribution in [0.5, 0.6) is 0 Å². The number of hydrogen-bond donors (Lipinski definition) is 1.